The molecular weight excluding hydrogens is 807 g/mol. The molecule has 390 valence electrons. The van der Waals surface area contributed by atoms with Gasteiger partial charge in [-0.1, -0.05) is 314 Å². The third kappa shape index (κ3) is 53.6. The fourth-order valence-corrected chi connectivity index (χ4v) is 9.51. The normalized spacial score (nSPS) is 13.0. The zero-order chi connectivity index (χ0) is 47.7. The van der Waals surface area contributed by atoms with Gasteiger partial charge in [0.15, 0.2) is 0 Å². The number of amides is 1. The highest BCUT2D eigenvalue weighted by molar-refractivity contribution is 5.76. The van der Waals surface area contributed by atoms with Gasteiger partial charge in [0.25, 0.3) is 0 Å². The maximum Gasteiger partial charge on any atom is 0.220 e. The van der Waals surface area contributed by atoms with Crippen molar-refractivity contribution in [3.63, 3.8) is 0 Å². The number of nitrogens with one attached hydrogen (secondary N) is 1. The summed E-state index contributed by atoms with van der Waals surface area (Å²) in [5, 5.41) is 23.2. The third-order valence-corrected chi connectivity index (χ3v) is 14.1. The summed E-state index contributed by atoms with van der Waals surface area (Å²) in [7, 11) is 0. The summed E-state index contributed by atoms with van der Waals surface area (Å²) >= 11 is 0. The van der Waals surface area contributed by atoms with E-state index in [9.17, 15) is 15.0 Å². The molecule has 4 nitrogen and oxygen atoms in total. The summed E-state index contributed by atoms with van der Waals surface area (Å²) in [6.45, 7) is 4.33. The van der Waals surface area contributed by atoms with Gasteiger partial charge in [-0.15, -0.1) is 0 Å². The summed E-state index contributed by atoms with van der Waals surface area (Å²) < 4.78 is 0. The van der Waals surface area contributed by atoms with Gasteiger partial charge in [-0.25, -0.2) is 0 Å². The summed E-state index contributed by atoms with van der Waals surface area (Å²) in [6.07, 6.45) is 79.0. The molecule has 66 heavy (non-hydrogen) atoms. The molecule has 0 aromatic heterocycles. The lowest BCUT2D eigenvalue weighted by atomic mass is 10.0. The standard InChI is InChI=1S/C62H119NO3/c1-3-5-7-9-11-13-15-17-19-21-23-25-26-27-28-29-30-31-32-33-34-35-36-38-39-41-43-45-47-49-51-53-55-57-61(65)60(59-64)63-62(66)58-56-54-52-50-48-46-44-42-40-37-24-22-20-18-16-14-12-10-8-6-4-2/h16,18,22,24,55,57,60-61,64-65H,3-15,17,19-21,23,25-54,56,58-59H2,1-2H3,(H,63,66)/b18-16-,24-22-,57-55+. The SMILES string of the molecule is CCCCCCC/C=C\C/C=C\CCCCCCCCCCCC(=O)NC(CO)C(O)/C=C/CCCCCCCCCCCCCCCCCCCCCCCCCCCCCCCCC. The molecule has 1 amide bonds. The second-order valence-corrected chi connectivity index (χ2v) is 20.8. The zero-order valence-electron chi connectivity index (χ0n) is 45.0. The Labute approximate surface area is 414 Å². The molecule has 0 aromatic carbocycles. The smallest absolute Gasteiger partial charge is 0.220 e. The van der Waals surface area contributed by atoms with Crippen LogP contribution in [0.3, 0.4) is 0 Å². The minimum absolute atomic E-state index is 0.0643. The number of aliphatic hydroxyl groups excluding tert-OH is 2. The van der Waals surface area contributed by atoms with Gasteiger partial charge < -0.3 is 15.5 Å². The Balaban J connectivity index is 3.45. The number of unbranched alkanes of at least 4 members (excludes halogenated alkanes) is 45. The zero-order valence-corrected chi connectivity index (χ0v) is 45.0. The van der Waals surface area contributed by atoms with Crippen LogP contribution in [0, 0.1) is 0 Å². The molecule has 0 aliphatic carbocycles. The molecule has 0 spiro atoms. The Kier molecular flexibility index (Phi) is 56.7. The van der Waals surface area contributed by atoms with Crippen molar-refractivity contribution in [3.8, 4) is 0 Å². The van der Waals surface area contributed by atoms with Crippen molar-refractivity contribution < 1.29 is 15.0 Å². The molecular formula is C62H119NO3. The number of aliphatic hydroxyl groups is 2. The molecule has 0 radical (unpaired) electrons. The van der Waals surface area contributed by atoms with E-state index in [2.05, 4.69) is 43.5 Å². The first-order valence-electron chi connectivity index (χ1n) is 30.2. The van der Waals surface area contributed by atoms with Crippen LogP contribution in [0.25, 0.3) is 0 Å². The van der Waals surface area contributed by atoms with Crippen molar-refractivity contribution in [2.75, 3.05) is 6.61 Å². The van der Waals surface area contributed by atoms with E-state index in [1.54, 1.807) is 6.08 Å². The van der Waals surface area contributed by atoms with Crippen LogP contribution in [0.2, 0.25) is 0 Å². The van der Waals surface area contributed by atoms with Crippen LogP contribution in [0.15, 0.2) is 36.5 Å². The molecule has 0 saturated carbocycles. The van der Waals surface area contributed by atoms with Crippen molar-refractivity contribution in [2.45, 2.75) is 347 Å². The molecule has 0 heterocycles. The minimum atomic E-state index is -0.842. The van der Waals surface area contributed by atoms with Crippen LogP contribution < -0.4 is 5.32 Å². The number of rotatable bonds is 56. The first-order valence-corrected chi connectivity index (χ1v) is 30.2. The van der Waals surface area contributed by atoms with Gasteiger partial charge in [-0.2, -0.15) is 0 Å². The molecule has 0 aromatic rings. The number of carbonyl (C=O) groups is 1. The second-order valence-electron chi connectivity index (χ2n) is 20.8. The first-order chi connectivity index (χ1) is 32.7. The van der Waals surface area contributed by atoms with E-state index in [-0.39, 0.29) is 12.5 Å². The summed E-state index contributed by atoms with van der Waals surface area (Å²) in [5.74, 6) is -0.0643. The average molecular weight is 927 g/mol. The van der Waals surface area contributed by atoms with Crippen LogP contribution in [0.1, 0.15) is 335 Å². The van der Waals surface area contributed by atoms with Gasteiger partial charge in [0.05, 0.1) is 18.8 Å². The number of carbonyl (C=O) groups excluding carboxylic acids is 1. The van der Waals surface area contributed by atoms with Crippen LogP contribution in [-0.2, 0) is 4.79 Å². The Bertz CT molecular complexity index is 1010. The molecule has 0 aliphatic heterocycles. The summed E-state index contributed by atoms with van der Waals surface area (Å²) in [4.78, 5) is 12.5. The van der Waals surface area contributed by atoms with E-state index in [1.807, 2.05) is 6.08 Å². The van der Waals surface area contributed by atoms with Crippen molar-refractivity contribution in [3.05, 3.63) is 36.5 Å². The Morgan fingerprint density at radius 2 is 0.621 bits per heavy atom. The first kappa shape index (κ1) is 64.6. The summed E-state index contributed by atoms with van der Waals surface area (Å²) in [5.41, 5.74) is 0. The quantitative estimate of drug-likeness (QED) is 0.0420. The highest BCUT2D eigenvalue weighted by Crippen LogP contribution is 2.18. The number of allylic oxidation sites excluding steroid dienone is 5. The Morgan fingerprint density at radius 1 is 0.364 bits per heavy atom. The fraction of sp³-hybridized carbons (Fsp3) is 0.887. The van der Waals surface area contributed by atoms with Crippen LogP contribution >= 0.6 is 0 Å². The lowest BCUT2D eigenvalue weighted by Crippen LogP contribution is -2.45. The van der Waals surface area contributed by atoms with Crippen LogP contribution in [0.4, 0.5) is 0 Å². The largest absolute Gasteiger partial charge is 0.394 e. The van der Waals surface area contributed by atoms with Gasteiger partial charge >= 0.3 is 0 Å². The van der Waals surface area contributed by atoms with E-state index < -0.39 is 12.1 Å². The van der Waals surface area contributed by atoms with Crippen LogP contribution in [-0.4, -0.2) is 34.9 Å². The molecule has 2 atom stereocenters. The Hall–Kier alpha value is -1.39. The molecule has 4 heteroatoms. The van der Waals surface area contributed by atoms with Gasteiger partial charge in [0.1, 0.15) is 0 Å². The van der Waals surface area contributed by atoms with Crippen LogP contribution in [0.5, 0.6) is 0 Å². The molecule has 0 saturated heterocycles. The second kappa shape index (κ2) is 57.9. The molecule has 0 aliphatic rings. The van der Waals surface area contributed by atoms with Gasteiger partial charge in [-0.3, -0.25) is 4.79 Å². The molecule has 0 bridgehead atoms. The van der Waals surface area contributed by atoms with E-state index >= 15 is 0 Å². The monoisotopic (exact) mass is 926 g/mol. The molecule has 2 unspecified atom stereocenters. The van der Waals surface area contributed by atoms with E-state index in [1.165, 1.54) is 283 Å². The van der Waals surface area contributed by atoms with Gasteiger partial charge in [0.2, 0.25) is 5.91 Å². The van der Waals surface area contributed by atoms with Crippen molar-refractivity contribution in [1.29, 1.82) is 0 Å². The molecule has 3 N–H and O–H groups in total. The third-order valence-electron chi connectivity index (χ3n) is 14.1. The van der Waals surface area contributed by atoms with Crippen molar-refractivity contribution >= 4 is 5.91 Å². The van der Waals surface area contributed by atoms with E-state index in [0.29, 0.717) is 6.42 Å². The predicted molar refractivity (Wildman–Crippen MR) is 295 cm³/mol. The van der Waals surface area contributed by atoms with Gasteiger partial charge in [0, 0.05) is 6.42 Å². The predicted octanol–water partition coefficient (Wildman–Crippen LogP) is 20.0. The lowest BCUT2D eigenvalue weighted by Gasteiger charge is -2.20. The lowest BCUT2D eigenvalue weighted by molar-refractivity contribution is -0.123. The Morgan fingerprint density at radius 3 is 0.909 bits per heavy atom. The fourth-order valence-electron chi connectivity index (χ4n) is 9.51. The van der Waals surface area contributed by atoms with Gasteiger partial charge in [-0.05, 0) is 51.4 Å². The average Bonchev–Trinajstić information content (AvgIpc) is 3.32. The van der Waals surface area contributed by atoms with E-state index in [4.69, 9.17) is 0 Å². The number of hydrogen-bond donors (Lipinski definition) is 3. The maximum atomic E-state index is 12.5. The minimum Gasteiger partial charge on any atom is -0.394 e. The highest BCUT2D eigenvalue weighted by atomic mass is 16.3. The maximum absolute atomic E-state index is 12.5. The van der Waals surface area contributed by atoms with Crippen molar-refractivity contribution in [2.24, 2.45) is 0 Å². The molecule has 0 fully saturated rings. The molecule has 0 rings (SSSR count). The number of hydrogen-bond acceptors (Lipinski definition) is 3. The topological polar surface area (TPSA) is 69.6 Å². The highest BCUT2D eigenvalue weighted by Gasteiger charge is 2.18. The van der Waals surface area contributed by atoms with E-state index in [0.717, 1.165) is 32.1 Å². The summed E-state index contributed by atoms with van der Waals surface area (Å²) in [6, 6.07) is -0.626. The van der Waals surface area contributed by atoms with Crippen molar-refractivity contribution in [1.82, 2.24) is 5.32 Å².